The smallest absolute Gasteiger partial charge is 0.266 e. The Hall–Kier alpha value is -1.17. The molecule has 1 amide bonds. The normalized spacial score (nSPS) is 17.0. The maximum atomic E-state index is 12.7. The number of nitrogens with zero attached hydrogens (tertiary/aromatic N) is 1. The number of β-amino-alcohol motifs (C(OH)–C–C–N with tert-alkyl or cyclic N) is 1. The van der Waals surface area contributed by atoms with Gasteiger partial charge in [-0.25, -0.2) is 8.42 Å². The van der Waals surface area contributed by atoms with Crippen molar-refractivity contribution in [2.45, 2.75) is 11.0 Å². The van der Waals surface area contributed by atoms with Crippen LogP contribution >= 0.6 is 22.6 Å². The number of benzene rings is 1. The van der Waals surface area contributed by atoms with E-state index in [9.17, 15) is 18.3 Å². The summed E-state index contributed by atoms with van der Waals surface area (Å²) in [6.45, 7) is 0.0499. The van der Waals surface area contributed by atoms with Crippen LogP contribution in [0.1, 0.15) is 10.5 Å². The fourth-order valence-electron chi connectivity index (χ4n) is 2.32. The van der Waals surface area contributed by atoms with Gasteiger partial charge in [0.25, 0.3) is 5.91 Å². The van der Waals surface area contributed by atoms with Gasteiger partial charge in [0.05, 0.1) is 6.10 Å². The lowest BCUT2D eigenvalue weighted by atomic mass is 10.2. The first-order valence-corrected chi connectivity index (χ1v) is 8.62. The molecule has 2 aromatic rings. The number of nitrogens with two attached hydrogens (primary N) is 1. The van der Waals surface area contributed by atoms with Crippen LogP contribution in [0, 0.1) is 3.57 Å². The second-order valence-electron chi connectivity index (χ2n) is 4.86. The van der Waals surface area contributed by atoms with Crippen molar-refractivity contribution in [3.63, 3.8) is 0 Å². The highest BCUT2D eigenvalue weighted by Gasteiger charge is 2.39. The van der Waals surface area contributed by atoms with Crippen LogP contribution in [0.3, 0.4) is 0 Å². The molecule has 0 radical (unpaired) electrons. The summed E-state index contributed by atoms with van der Waals surface area (Å²) in [7, 11) is -3.87. The second-order valence-corrected chi connectivity index (χ2v) is 7.98. The Balaban J connectivity index is 2.27. The third kappa shape index (κ3) is 2.33. The molecular weight excluding hydrogens is 409 g/mol. The molecule has 0 saturated carbocycles. The highest BCUT2D eigenvalue weighted by molar-refractivity contribution is 14.1. The van der Waals surface area contributed by atoms with Gasteiger partial charge in [0.15, 0.2) is 0 Å². The SMILES string of the molecule is NC(=O)c1[nH]c2ccc(I)cc2c1S(=O)(=O)N1CC(O)C1. The summed E-state index contributed by atoms with van der Waals surface area (Å²) in [6, 6.07) is 5.18. The van der Waals surface area contributed by atoms with E-state index in [0.29, 0.717) is 10.9 Å². The van der Waals surface area contributed by atoms with Crippen LogP contribution in [0.25, 0.3) is 10.9 Å². The summed E-state index contributed by atoms with van der Waals surface area (Å²) in [5.41, 5.74) is 5.70. The number of primary amides is 1. The van der Waals surface area contributed by atoms with Gasteiger partial charge >= 0.3 is 0 Å². The molecule has 0 unspecified atom stereocenters. The van der Waals surface area contributed by atoms with Crippen molar-refractivity contribution in [1.82, 2.24) is 9.29 Å². The number of sulfonamides is 1. The van der Waals surface area contributed by atoms with E-state index in [0.717, 1.165) is 7.88 Å². The second kappa shape index (κ2) is 4.93. The number of aromatic amines is 1. The topological polar surface area (TPSA) is 116 Å². The first-order chi connectivity index (χ1) is 9.80. The van der Waals surface area contributed by atoms with Gasteiger partial charge in [-0.15, -0.1) is 0 Å². The van der Waals surface area contributed by atoms with E-state index < -0.39 is 22.0 Å². The maximum absolute atomic E-state index is 12.7. The monoisotopic (exact) mass is 421 g/mol. The fourth-order valence-corrected chi connectivity index (χ4v) is 4.67. The molecule has 2 heterocycles. The molecule has 1 fully saturated rings. The Bertz CT molecular complexity index is 840. The number of carbonyl (C=O) groups excluding carboxylic acids is 1. The summed E-state index contributed by atoms with van der Waals surface area (Å²) in [4.78, 5) is 14.2. The molecule has 21 heavy (non-hydrogen) atoms. The number of halogens is 1. The number of H-pyrrole nitrogens is 1. The van der Waals surface area contributed by atoms with Crippen LogP contribution in [0.2, 0.25) is 0 Å². The lowest BCUT2D eigenvalue weighted by molar-refractivity contribution is 0.0548. The Morgan fingerprint density at radius 3 is 2.67 bits per heavy atom. The number of carbonyl (C=O) groups is 1. The van der Waals surface area contributed by atoms with Crippen LogP contribution in [0.15, 0.2) is 23.1 Å². The van der Waals surface area contributed by atoms with Gasteiger partial charge in [0.2, 0.25) is 10.0 Å². The van der Waals surface area contributed by atoms with Gasteiger partial charge in [0, 0.05) is 27.6 Å². The molecule has 0 spiro atoms. The maximum Gasteiger partial charge on any atom is 0.266 e. The Morgan fingerprint density at radius 2 is 2.10 bits per heavy atom. The highest BCUT2D eigenvalue weighted by atomic mass is 127. The number of amides is 1. The molecule has 1 aliphatic heterocycles. The summed E-state index contributed by atoms with van der Waals surface area (Å²) in [6.07, 6.45) is -0.665. The Morgan fingerprint density at radius 1 is 1.43 bits per heavy atom. The lowest BCUT2D eigenvalue weighted by Crippen LogP contribution is -2.53. The van der Waals surface area contributed by atoms with Gasteiger partial charge in [-0.1, -0.05) is 0 Å². The molecule has 0 aliphatic carbocycles. The molecule has 3 rings (SSSR count). The Kier molecular flexibility index (Phi) is 3.47. The van der Waals surface area contributed by atoms with Crippen LogP contribution < -0.4 is 5.73 Å². The van der Waals surface area contributed by atoms with Gasteiger partial charge in [-0.05, 0) is 40.8 Å². The number of hydrogen-bond acceptors (Lipinski definition) is 4. The molecule has 7 nitrogen and oxygen atoms in total. The van der Waals surface area contributed by atoms with E-state index in [1.165, 1.54) is 0 Å². The zero-order valence-corrected chi connectivity index (χ0v) is 13.7. The van der Waals surface area contributed by atoms with Crippen molar-refractivity contribution in [3.05, 3.63) is 27.5 Å². The molecule has 0 bridgehead atoms. The minimum atomic E-state index is -3.87. The zero-order valence-electron chi connectivity index (χ0n) is 10.7. The average Bonchev–Trinajstić information content (AvgIpc) is 2.74. The summed E-state index contributed by atoms with van der Waals surface area (Å²) >= 11 is 2.06. The number of aliphatic hydroxyl groups is 1. The third-order valence-corrected chi connectivity index (χ3v) is 5.97. The molecule has 1 saturated heterocycles. The standard InChI is InChI=1S/C12H12IN3O4S/c13-6-1-2-9-8(3-6)11(10(15-9)12(14)18)21(19,20)16-4-7(17)5-16/h1-3,7,15,17H,4-5H2,(H2,14,18). The molecule has 112 valence electrons. The number of aromatic nitrogens is 1. The number of hydrogen-bond donors (Lipinski definition) is 3. The first-order valence-electron chi connectivity index (χ1n) is 6.10. The van der Waals surface area contributed by atoms with Crippen molar-refractivity contribution < 1.29 is 18.3 Å². The first kappa shape index (κ1) is 14.8. The van der Waals surface area contributed by atoms with Crippen molar-refractivity contribution in [2.24, 2.45) is 5.73 Å². The number of rotatable bonds is 3. The molecule has 1 aliphatic rings. The molecule has 1 aromatic heterocycles. The predicted octanol–water partition coefficient (Wildman–Crippen LogP) is 0.237. The molecular formula is C12H12IN3O4S. The minimum absolute atomic E-state index is 0.0249. The molecule has 4 N–H and O–H groups in total. The Labute approximate surface area is 134 Å². The lowest BCUT2D eigenvalue weighted by Gasteiger charge is -2.34. The quantitative estimate of drug-likeness (QED) is 0.616. The van der Waals surface area contributed by atoms with Crippen LogP contribution in [-0.2, 0) is 10.0 Å². The summed E-state index contributed by atoms with van der Waals surface area (Å²) in [5, 5.41) is 9.74. The summed E-state index contributed by atoms with van der Waals surface area (Å²) < 4.78 is 27.3. The fraction of sp³-hybridized carbons (Fsp3) is 0.250. The average molecular weight is 421 g/mol. The highest BCUT2D eigenvalue weighted by Crippen LogP contribution is 2.32. The van der Waals surface area contributed by atoms with Gasteiger partial charge in [-0.2, -0.15) is 4.31 Å². The van der Waals surface area contributed by atoms with E-state index in [4.69, 9.17) is 5.73 Å². The predicted molar refractivity (Wildman–Crippen MR) is 84.3 cm³/mol. The number of fused-ring (bicyclic) bond motifs is 1. The van der Waals surface area contributed by atoms with Crippen molar-refractivity contribution in [2.75, 3.05) is 13.1 Å². The zero-order chi connectivity index (χ0) is 15.4. The van der Waals surface area contributed by atoms with Crippen LogP contribution in [-0.4, -0.2) is 47.9 Å². The van der Waals surface area contributed by atoms with E-state index in [1.807, 2.05) is 0 Å². The van der Waals surface area contributed by atoms with Gasteiger partial charge < -0.3 is 15.8 Å². The van der Waals surface area contributed by atoms with E-state index in [-0.39, 0.29) is 23.7 Å². The van der Waals surface area contributed by atoms with Crippen molar-refractivity contribution in [3.8, 4) is 0 Å². The largest absolute Gasteiger partial charge is 0.390 e. The number of aliphatic hydroxyl groups excluding tert-OH is 1. The van der Waals surface area contributed by atoms with Gasteiger partial charge in [0.1, 0.15) is 10.6 Å². The molecule has 1 aromatic carbocycles. The molecule has 0 atom stereocenters. The van der Waals surface area contributed by atoms with E-state index in [2.05, 4.69) is 27.6 Å². The van der Waals surface area contributed by atoms with Crippen molar-refractivity contribution >= 4 is 49.4 Å². The van der Waals surface area contributed by atoms with Crippen molar-refractivity contribution in [1.29, 1.82) is 0 Å². The van der Waals surface area contributed by atoms with E-state index in [1.54, 1.807) is 18.2 Å². The van der Waals surface area contributed by atoms with Gasteiger partial charge in [-0.3, -0.25) is 4.79 Å². The molecule has 9 heteroatoms. The third-order valence-electron chi connectivity index (χ3n) is 3.39. The van der Waals surface area contributed by atoms with E-state index >= 15 is 0 Å². The minimum Gasteiger partial charge on any atom is -0.390 e. The van der Waals surface area contributed by atoms with Crippen LogP contribution in [0.4, 0.5) is 0 Å². The van der Waals surface area contributed by atoms with Crippen LogP contribution in [0.5, 0.6) is 0 Å². The number of nitrogens with one attached hydrogen (secondary N) is 1. The summed E-state index contributed by atoms with van der Waals surface area (Å²) in [5.74, 6) is -0.833.